The molecule has 2 heterocycles. The Morgan fingerprint density at radius 1 is 1.14 bits per heavy atom. The molecule has 12 heteroatoms. The van der Waals surface area contributed by atoms with Gasteiger partial charge in [-0.2, -0.15) is 10.2 Å². The summed E-state index contributed by atoms with van der Waals surface area (Å²) < 4.78 is 37.2. The fourth-order valence-corrected chi connectivity index (χ4v) is 6.26. The number of nitrogens with zero attached hydrogens (tertiary/aromatic N) is 5. The van der Waals surface area contributed by atoms with E-state index in [-0.39, 0.29) is 43.1 Å². The highest BCUT2D eigenvalue weighted by atomic mass is 28.3. The molecule has 0 radical (unpaired) electrons. The van der Waals surface area contributed by atoms with E-state index in [0.717, 1.165) is 37.8 Å². The SMILES string of the molecule is Cc1c(C(=O)N(Cc2cc(F)cc(F)c2)CC(O)c2ccn(COCC[Si](C)(C)C)n2)cnn1[C@H]1CC[C@H](C(C)=O)CC1. The minimum Gasteiger partial charge on any atom is -0.385 e. The molecular weight excluding hydrogens is 572 g/mol. The van der Waals surface area contributed by atoms with E-state index in [2.05, 4.69) is 29.8 Å². The first-order chi connectivity index (χ1) is 20.3. The lowest BCUT2D eigenvalue weighted by atomic mass is 9.84. The molecule has 1 saturated carbocycles. The van der Waals surface area contributed by atoms with Crippen LogP contribution >= 0.6 is 0 Å². The first kappa shape index (κ1) is 32.7. The molecule has 1 atom stereocenters. The smallest absolute Gasteiger partial charge is 0.257 e. The summed E-state index contributed by atoms with van der Waals surface area (Å²) in [4.78, 5) is 27.1. The lowest BCUT2D eigenvalue weighted by molar-refractivity contribution is -0.121. The van der Waals surface area contributed by atoms with Crippen molar-refractivity contribution < 1.29 is 28.2 Å². The minimum atomic E-state index is -1.22. The molecule has 9 nitrogen and oxygen atoms in total. The Balaban J connectivity index is 1.50. The highest BCUT2D eigenvalue weighted by Gasteiger charge is 2.30. The van der Waals surface area contributed by atoms with Crippen molar-refractivity contribution in [3.05, 3.63) is 70.8 Å². The number of aliphatic hydroxyl groups excluding tert-OH is 1. The molecule has 4 rings (SSSR count). The van der Waals surface area contributed by atoms with Crippen LogP contribution in [0.1, 0.15) is 72.1 Å². The van der Waals surface area contributed by atoms with Crippen LogP contribution in [0.25, 0.3) is 0 Å². The first-order valence-electron chi connectivity index (χ1n) is 14.9. The predicted octanol–water partition coefficient (Wildman–Crippen LogP) is 5.67. The third kappa shape index (κ3) is 8.90. The zero-order valence-corrected chi connectivity index (χ0v) is 26.7. The van der Waals surface area contributed by atoms with Gasteiger partial charge in [-0.3, -0.25) is 14.3 Å². The fourth-order valence-electron chi connectivity index (χ4n) is 5.51. The van der Waals surface area contributed by atoms with Gasteiger partial charge in [-0.05, 0) is 69.3 Å². The maximum atomic E-state index is 14.0. The van der Waals surface area contributed by atoms with E-state index in [9.17, 15) is 23.5 Å². The molecule has 0 bridgehead atoms. The van der Waals surface area contributed by atoms with Crippen molar-refractivity contribution in [2.24, 2.45) is 5.92 Å². The minimum absolute atomic E-state index is 0.0667. The largest absolute Gasteiger partial charge is 0.385 e. The zero-order chi connectivity index (χ0) is 31.3. The van der Waals surface area contributed by atoms with Crippen molar-refractivity contribution in [1.29, 1.82) is 0 Å². The molecule has 3 aromatic rings. The van der Waals surface area contributed by atoms with E-state index in [0.29, 0.717) is 23.6 Å². The number of hydrogen-bond acceptors (Lipinski definition) is 6. The van der Waals surface area contributed by atoms with E-state index in [1.54, 1.807) is 23.9 Å². The number of aromatic nitrogens is 4. The summed E-state index contributed by atoms with van der Waals surface area (Å²) in [6.07, 6.45) is 5.20. The number of rotatable bonds is 13. The second-order valence-corrected chi connectivity index (χ2v) is 18.4. The molecule has 1 aromatic carbocycles. The van der Waals surface area contributed by atoms with Gasteiger partial charge in [0.2, 0.25) is 0 Å². The molecule has 0 spiro atoms. The number of aliphatic hydroxyl groups is 1. The standard InChI is InChI=1S/C31H43F2N5O4Si/c1-21-28(17-34-38(21)27-8-6-24(7-9-27)22(2)39)31(41)36(18-23-14-25(32)16-26(33)15-23)19-30(40)29-10-11-37(35-29)20-42-12-13-43(3,4)5/h10-11,14-17,24,27,30,40H,6-9,12-13,18-20H2,1-5H3/t24-,27-,30?. The number of carbonyl (C=O) groups is 2. The monoisotopic (exact) mass is 615 g/mol. The van der Waals surface area contributed by atoms with E-state index in [4.69, 9.17) is 4.74 Å². The summed E-state index contributed by atoms with van der Waals surface area (Å²) in [6.45, 7) is 10.9. The molecule has 1 fully saturated rings. The second kappa shape index (κ2) is 14.0. The topological polar surface area (TPSA) is 102 Å². The summed E-state index contributed by atoms with van der Waals surface area (Å²) in [5, 5.41) is 20.0. The van der Waals surface area contributed by atoms with Crippen LogP contribution in [0.5, 0.6) is 0 Å². The Morgan fingerprint density at radius 2 is 1.81 bits per heavy atom. The Hall–Kier alpha value is -3.22. The molecule has 1 N–H and O–H groups in total. The van der Waals surface area contributed by atoms with Crippen LogP contribution in [0, 0.1) is 24.5 Å². The number of carbonyl (C=O) groups excluding carboxylic acids is 2. The molecule has 1 unspecified atom stereocenters. The van der Waals surface area contributed by atoms with E-state index < -0.39 is 31.7 Å². The number of Topliss-reactive ketones (excluding diaryl/α,β-unsaturated/α-hetero) is 1. The van der Waals surface area contributed by atoms with Crippen LogP contribution in [0.15, 0.2) is 36.7 Å². The van der Waals surface area contributed by atoms with Crippen LogP contribution in [-0.2, 0) is 22.8 Å². The summed E-state index contributed by atoms with van der Waals surface area (Å²) in [5.74, 6) is -1.65. The second-order valence-electron chi connectivity index (χ2n) is 12.8. The van der Waals surface area contributed by atoms with Crippen LogP contribution in [-0.4, -0.2) is 62.5 Å². The number of ketones is 1. The summed E-state index contributed by atoms with van der Waals surface area (Å²) in [6, 6.07) is 5.88. The average Bonchev–Trinajstić information content (AvgIpc) is 3.56. The first-order valence-corrected chi connectivity index (χ1v) is 18.6. The summed E-state index contributed by atoms with van der Waals surface area (Å²) in [5.41, 5.74) is 1.62. The molecule has 0 aliphatic heterocycles. The number of halogens is 2. The van der Waals surface area contributed by atoms with Gasteiger partial charge >= 0.3 is 0 Å². The van der Waals surface area contributed by atoms with Crippen molar-refractivity contribution in [3.63, 3.8) is 0 Å². The third-order valence-electron chi connectivity index (χ3n) is 8.09. The van der Waals surface area contributed by atoms with Crippen LogP contribution in [0.4, 0.5) is 8.78 Å². The van der Waals surface area contributed by atoms with Gasteiger partial charge in [0.15, 0.2) is 0 Å². The van der Waals surface area contributed by atoms with Crippen LogP contribution < -0.4 is 0 Å². The van der Waals surface area contributed by atoms with Gasteiger partial charge < -0.3 is 14.7 Å². The van der Waals surface area contributed by atoms with Crippen molar-refractivity contribution in [2.75, 3.05) is 13.2 Å². The van der Waals surface area contributed by atoms with Crippen LogP contribution in [0.2, 0.25) is 25.7 Å². The van der Waals surface area contributed by atoms with Crippen molar-refractivity contribution in [3.8, 4) is 0 Å². The van der Waals surface area contributed by atoms with Gasteiger partial charge in [0.25, 0.3) is 5.91 Å². The zero-order valence-electron chi connectivity index (χ0n) is 25.7. The van der Waals surface area contributed by atoms with Crippen molar-refractivity contribution in [1.82, 2.24) is 24.5 Å². The normalized spacial score (nSPS) is 18.0. The molecule has 2 aromatic heterocycles. The molecule has 43 heavy (non-hydrogen) atoms. The lowest BCUT2D eigenvalue weighted by Gasteiger charge is -2.28. The quantitative estimate of drug-likeness (QED) is 0.196. The molecule has 1 aliphatic carbocycles. The highest BCUT2D eigenvalue weighted by molar-refractivity contribution is 6.76. The Labute approximate surface area is 252 Å². The maximum absolute atomic E-state index is 14.0. The van der Waals surface area contributed by atoms with Crippen molar-refractivity contribution >= 4 is 19.8 Å². The maximum Gasteiger partial charge on any atom is 0.257 e. The van der Waals surface area contributed by atoms with Gasteiger partial charge in [-0.1, -0.05) is 19.6 Å². The summed E-state index contributed by atoms with van der Waals surface area (Å²) >= 11 is 0. The average molecular weight is 616 g/mol. The van der Waals surface area contributed by atoms with E-state index in [1.807, 2.05) is 11.6 Å². The highest BCUT2D eigenvalue weighted by Crippen LogP contribution is 2.33. The molecule has 234 valence electrons. The van der Waals surface area contributed by atoms with Gasteiger partial charge in [0, 0.05) is 45.1 Å². The number of amides is 1. The lowest BCUT2D eigenvalue weighted by Crippen LogP contribution is -2.35. The number of ether oxygens (including phenoxy) is 1. The van der Waals surface area contributed by atoms with E-state index >= 15 is 0 Å². The van der Waals surface area contributed by atoms with Crippen molar-refractivity contribution in [2.45, 2.75) is 90.6 Å². The molecule has 1 aliphatic rings. The van der Waals surface area contributed by atoms with Gasteiger partial charge in [0.05, 0.1) is 30.0 Å². The number of hydrogen-bond donors (Lipinski definition) is 1. The molecule has 1 amide bonds. The summed E-state index contributed by atoms with van der Waals surface area (Å²) in [7, 11) is -1.22. The molecular formula is C31H43F2N5O4Si. The van der Waals surface area contributed by atoms with Crippen LogP contribution in [0.3, 0.4) is 0 Å². The Morgan fingerprint density at radius 3 is 2.44 bits per heavy atom. The fraction of sp³-hybridized carbons (Fsp3) is 0.548. The molecule has 0 saturated heterocycles. The Bertz CT molecular complexity index is 1390. The van der Waals surface area contributed by atoms with E-state index in [1.165, 1.54) is 23.2 Å². The van der Waals surface area contributed by atoms with Gasteiger partial charge in [-0.25, -0.2) is 13.5 Å². The predicted molar refractivity (Wildman–Crippen MR) is 161 cm³/mol. The third-order valence-corrected chi connectivity index (χ3v) is 9.80. The van der Waals surface area contributed by atoms with Gasteiger partial charge in [-0.15, -0.1) is 0 Å². The van der Waals surface area contributed by atoms with Gasteiger partial charge in [0.1, 0.15) is 30.3 Å². The Kier molecular flexibility index (Phi) is 10.7. The number of benzene rings is 1.